The summed E-state index contributed by atoms with van der Waals surface area (Å²) in [6.07, 6.45) is 2.81. The number of aromatic nitrogens is 3. The van der Waals surface area contributed by atoms with Crippen molar-refractivity contribution in [3.63, 3.8) is 0 Å². The second-order valence-corrected chi connectivity index (χ2v) is 9.46. The van der Waals surface area contributed by atoms with E-state index in [1.165, 1.54) is 0 Å². The van der Waals surface area contributed by atoms with E-state index in [9.17, 15) is 4.79 Å². The number of ether oxygens (including phenoxy) is 1. The van der Waals surface area contributed by atoms with E-state index in [1.807, 2.05) is 71.6 Å². The number of thioether (sulfide) groups is 1. The van der Waals surface area contributed by atoms with Crippen LogP contribution in [0, 0.1) is 0 Å². The predicted molar refractivity (Wildman–Crippen MR) is 138 cm³/mol. The van der Waals surface area contributed by atoms with Gasteiger partial charge in [-0.15, -0.1) is 10.2 Å². The van der Waals surface area contributed by atoms with Gasteiger partial charge in [-0.05, 0) is 42.2 Å². The van der Waals surface area contributed by atoms with Crippen LogP contribution < -0.4 is 4.74 Å². The lowest BCUT2D eigenvalue weighted by Crippen LogP contribution is -2.28. The van der Waals surface area contributed by atoms with Crippen LogP contribution in [-0.4, -0.2) is 45.8 Å². The van der Waals surface area contributed by atoms with Crippen molar-refractivity contribution in [1.82, 2.24) is 19.7 Å². The van der Waals surface area contributed by atoms with Crippen LogP contribution in [0.4, 0.5) is 0 Å². The second-order valence-electron chi connectivity index (χ2n) is 8.51. The molecule has 1 saturated heterocycles. The lowest BCUT2D eigenvalue weighted by molar-refractivity contribution is 0.0792. The summed E-state index contributed by atoms with van der Waals surface area (Å²) in [7, 11) is 1.67. The summed E-state index contributed by atoms with van der Waals surface area (Å²) in [6.45, 7) is 1.68. The SMILES string of the molecule is COc1ccccc1-n1c(Cc2ccccc2)nnc1SCc1ccccc1C(=O)N1CCCC1. The molecule has 1 aliphatic rings. The summed E-state index contributed by atoms with van der Waals surface area (Å²) >= 11 is 1.58. The number of carbonyl (C=O) groups excluding carboxylic acids is 1. The van der Waals surface area contributed by atoms with Crippen LogP contribution >= 0.6 is 11.8 Å². The minimum absolute atomic E-state index is 0.120. The molecule has 35 heavy (non-hydrogen) atoms. The minimum Gasteiger partial charge on any atom is -0.495 e. The van der Waals surface area contributed by atoms with Crippen LogP contribution in [0.2, 0.25) is 0 Å². The van der Waals surface area contributed by atoms with Crippen molar-refractivity contribution < 1.29 is 9.53 Å². The molecular weight excluding hydrogens is 456 g/mol. The summed E-state index contributed by atoms with van der Waals surface area (Å²) in [6, 6.07) is 26.1. The summed E-state index contributed by atoms with van der Waals surface area (Å²) in [4.78, 5) is 15.1. The van der Waals surface area contributed by atoms with Gasteiger partial charge >= 0.3 is 0 Å². The Hall–Kier alpha value is -3.58. The fraction of sp³-hybridized carbons (Fsp3) is 0.250. The molecule has 178 valence electrons. The van der Waals surface area contributed by atoms with Gasteiger partial charge in [-0.2, -0.15) is 0 Å². The number of amides is 1. The zero-order valence-corrected chi connectivity index (χ0v) is 20.6. The molecule has 0 atom stereocenters. The Labute approximate surface area is 210 Å². The molecule has 1 aliphatic heterocycles. The molecule has 1 aromatic heterocycles. The minimum atomic E-state index is 0.120. The highest BCUT2D eigenvalue weighted by Gasteiger charge is 2.23. The van der Waals surface area contributed by atoms with E-state index < -0.39 is 0 Å². The molecule has 3 aromatic carbocycles. The summed E-state index contributed by atoms with van der Waals surface area (Å²) in [5.74, 6) is 2.33. The smallest absolute Gasteiger partial charge is 0.254 e. The largest absolute Gasteiger partial charge is 0.495 e. The summed E-state index contributed by atoms with van der Waals surface area (Å²) in [5, 5.41) is 9.88. The van der Waals surface area contributed by atoms with Crippen molar-refractivity contribution in [2.45, 2.75) is 30.2 Å². The fourth-order valence-corrected chi connectivity index (χ4v) is 5.40. The predicted octanol–water partition coefficient (Wildman–Crippen LogP) is 5.40. The Kier molecular flexibility index (Phi) is 7.14. The third-order valence-corrected chi connectivity index (χ3v) is 7.21. The first kappa shape index (κ1) is 23.2. The third kappa shape index (κ3) is 5.10. The van der Waals surface area contributed by atoms with Gasteiger partial charge in [0.15, 0.2) is 5.16 Å². The van der Waals surface area contributed by atoms with Crippen LogP contribution in [-0.2, 0) is 12.2 Å². The highest BCUT2D eigenvalue weighted by molar-refractivity contribution is 7.98. The highest BCUT2D eigenvalue weighted by atomic mass is 32.2. The molecule has 1 fully saturated rings. The monoisotopic (exact) mass is 484 g/mol. The average molecular weight is 485 g/mol. The highest BCUT2D eigenvalue weighted by Crippen LogP contribution is 2.31. The van der Waals surface area contributed by atoms with E-state index in [0.29, 0.717) is 12.2 Å². The zero-order valence-electron chi connectivity index (χ0n) is 19.8. The van der Waals surface area contributed by atoms with Gasteiger partial charge in [0.05, 0.1) is 12.8 Å². The number of hydrogen-bond donors (Lipinski definition) is 0. The topological polar surface area (TPSA) is 60.2 Å². The van der Waals surface area contributed by atoms with E-state index in [4.69, 9.17) is 4.74 Å². The Balaban J connectivity index is 1.46. The van der Waals surface area contributed by atoms with E-state index in [0.717, 1.165) is 65.0 Å². The lowest BCUT2D eigenvalue weighted by atomic mass is 10.1. The van der Waals surface area contributed by atoms with Crippen LogP contribution in [0.3, 0.4) is 0 Å². The van der Waals surface area contributed by atoms with E-state index >= 15 is 0 Å². The number of rotatable bonds is 8. The Morgan fingerprint density at radius 1 is 0.914 bits per heavy atom. The maximum absolute atomic E-state index is 13.1. The molecule has 0 N–H and O–H groups in total. The van der Waals surface area contributed by atoms with Crippen LogP contribution in [0.1, 0.15) is 40.2 Å². The molecule has 5 rings (SSSR count). The van der Waals surface area contributed by atoms with E-state index in [1.54, 1.807) is 18.9 Å². The molecule has 0 radical (unpaired) electrons. The quantitative estimate of drug-likeness (QED) is 0.314. The Morgan fingerprint density at radius 2 is 1.63 bits per heavy atom. The van der Waals surface area contributed by atoms with Gasteiger partial charge in [-0.3, -0.25) is 9.36 Å². The average Bonchev–Trinajstić information content (AvgIpc) is 3.58. The first-order chi connectivity index (χ1) is 17.2. The standard InChI is InChI=1S/C28H28N4O2S/c1-34-25-16-8-7-15-24(25)32-26(19-21-11-3-2-4-12-21)29-30-28(32)35-20-22-13-5-6-14-23(22)27(33)31-17-9-10-18-31/h2-8,11-16H,9-10,17-20H2,1H3. The van der Waals surface area contributed by atoms with Crippen molar-refractivity contribution in [3.8, 4) is 11.4 Å². The molecular formula is C28H28N4O2S. The third-order valence-electron chi connectivity index (χ3n) is 6.23. The normalized spacial score (nSPS) is 13.2. The van der Waals surface area contributed by atoms with Crippen molar-refractivity contribution >= 4 is 17.7 Å². The van der Waals surface area contributed by atoms with Crippen LogP contribution in [0.25, 0.3) is 5.69 Å². The molecule has 0 unspecified atom stereocenters. The first-order valence-electron chi connectivity index (χ1n) is 11.9. The number of methoxy groups -OCH3 is 1. The molecule has 0 bridgehead atoms. The zero-order chi connectivity index (χ0) is 24.0. The molecule has 1 amide bonds. The van der Waals surface area contributed by atoms with Gasteiger partial charge < -0.3 is 9.64 Å². The van der Waals surface area contributed by atoms with Crippen molar-refractivity contribution in [1.29, 1.82) is 0 Å². The maximum Gasteiger partial charge on any atom is 0.254 e. The number of likely N-dealkylation sites (tertiary alicyclic amines) is 1. The maximum atomic E-state index is 13.1. The number of hydrogen-bond acceptors (Lipinski definition) is 5. The van der Waals surface area contributed by atoms with Crippen molar-refractivity contribution in [2.24, 2.45) is 0 Å². The van der Waals surface area contributed by atoms with Gasteiger partial charge in [-0.1, -0.05) is 72.4 Å². The van der Waals surface area contributed by atoms with Crippen LogP contribution in [0.5, 0.6) is 5.75 Å². The molecule has 6 nitrogen and oxygen atoms in total. The molecule has 0 spiro atoms. The summed E-state index contributed by atoms with van der Waals surface area (Å²) < 4.78 is 7.73. The van der Waals surface area contributed by atoms with Crippen LogP contribution in [0.15, 0.2) is 84.0 Å². The molecule has 7 heteroatoms. The van der Waals surface area contributed by atoms with Gasteiger partial charge in [-0.25, -0.2) is 0 Å². The van der Waals surface area contributed by atoms with Gasteiger partial charge in [0, 0.05) is 30.8 Å². The number of carbonyl (C=O) groups is 1. The first-order valence-corrected chi connectivity index (χ1v) is 12.8. The van der Waals surface area contributed by atoms with E-state index in [2.05, 4.69) is 26.9 Å². The van der Waals surface area contributed by atoms with Gasteiger partial charge in [0.25, 0.3) is 5.91 Å². The second kappa shape index (κ2) is 10.8. The lowest BCUT2D eigenvalue weighted by Gasteiger charge is -2.18. The van der Waals surface area contributed by atoms with Gasteiger partial charge in [0.2, 0.25) is 0 Å². The number of benzene rings is 3. The Morgan fingerprint density at radius 3 is 2.43 bits per heavy atom. The fourth-order valence-electron chi connectivity index (χ4n) is 4.43. The van der Waals surface area contributed by atoms with Crippen molar-refractivity contribution in [3.05, 3.63) is 101 Å². The van der Waals surface area contributed by atoms with Crippen molar-refractivity contribution in [2.75, 3.05) is 20.2 Å². The summed E-state index contributed by atoms with van der Waals surface area (Å²) in [5.41, 5.74) is 3.84. The Bertz CT molecular complexity index is 1300. The number of nitrogens with zero attached hydrogens (tertiary/aromatic N) is 4. The number of para-hydroxylation sites is 2. The molecule has 0 saturated carbocycles. The molecule has 0 aliphatic carbocycles. The molecule has 2 heterocycles. The van der Waals surface area contributed by atoms with E-state index in [-0.39, 0.29) is 5.91 Å². The molecule has 4 aromatic rings. The van der Waals surface area contributed by atoms with Gasteiger partial charge in [0.1, 0.15) is 11.6 Å².